The van der Waals surface area contributed by atoms with Gasteiger partial charge in [0.05, 0.1) is 5.70 Å². The van der Waals surface area contributed by atoms with E-state index in [-0.39, 0.29) is 17.9 Å². The van der Waals surface area contributed by atoms with Gasteiger partial charge >= 0.3 is 0 Å². The van der Waals surface area contributed by atoms with Crippen molar-refractivity contribution in [1.29, 1.82) is 0 Å². The van der Waals surface area contributed by atoms with Crippen LogP contribution in [0.15, 0.2) is 90.8 Å². The molecule has 3 aromatic rings. The summed E-state index contributed by atoms with van der Waals surface area (Å²) < 4.78 is 0. The van der Waals surface area contributed by atoms with Gasteiger partial charge in [-0.25, -0.2) is 4.98 Å². The minimum absolute atomic E-state index is 0.0221. The van der Waals surface area contributed by atoms with Crippen molar-refractivity contribution in [2.75, 3.05) is 17.7 Å². The van der Waals surface area contributed by atoms with Gasteiger partial charge in [0.15, 0.2) is 0 Å². The van der Waals surface area contributed by atoms with E-state index in [0.717, 1.165) is 34.6 Å². The second kappa shape index (κ2) is 8.54. The fraction of sp³-hybridized carbons (Fsp3) is 0.250. The molecule has 2 aromatic carbocycles. The number of hydrogen-bond donors (Lipinski definition) is 3. The SMILES string of the molecule is CCC(C)(N)c1ccc(N2C(c3cccnc3N)NC3=CC=C(c4ccccc4)N(C)C32)cc1. The van der Waals surface area contributed by atoms with Crippen molar-refractivity contribution in [2.45, 2.75) is 38.1 Å². The first kappa shape index (κ1) is 22.0. The molecule has 5 N–H and O–H groups in total. The Bertz CT molecular complexity index is 1230. The Morgan fingerprint density at radius 2 is 1.74 bits per heavy atom. The molecule has 5 rings (SSSR count). The van der Waals surface area contributed by atoms with E-state index in [9.17, 15) is 0 Å². The van der Waals surface area contributed by atoms with Crippen molar-refractivity contribution in [1.82, 2.24) is 15.2 Å². The fourth-order valence-electron chi connectivity index (χ4n) is 4.85. The molecule has 3 heterocycles. The van der Waals surface area contributed by atoms with E-state index in [4.69, 9.17) is 11.5 Å². The van der Waals surface area contributed by atoms with Crippen molar-refractivity contribution in [2.24, 2.45) is 5.73 Å². The lowest BCUT2D eigenvalue weighted by Crippen LogP contribution is -2.44. The van der Waals surface area contributed by atoms with Gasteiger partial charge in [-0.15, -0.1) is 0 Å². The van der Waals surface area contributed by atoms with Crippen LogP contribution in [-0.4, -0.2) is 23.1 Å². The summed E-state index contributed by atoms with van der Waals surface area (Å²) >= 11 is 0. The van der Waals surface area contributed by atoms with Gasteiger partial charge in [-0.2, -0.15) is 0 Å². The first-order chi connectivity index (χ1) is 16.4. The molecule has 34 heavy (non-hydrogen) atoms. The lowest BCUT2D eigenvalue weighted by Gasteiger charge is -2.39. The summed E-state index contributed by atoms with van der Waals surface area (Å²) in [5.41, 5.74) is 19.1. The normalized spacial score (nSPS) is 21.3. The number of pyridine rings is 1. The van der Waals surface area contributed by atoms with E-state index < -0.39 is 0 Å². The van der Waals surface area contributed by atoms with Crippen molar-refractivity contribution < 1.29 is 0 Å². The molecule has 1 saturated heterocycles. The lowest BCUT2D eigenvalue weighted by molar-refractivity contribution is 0.384. The number of rotatable bonds is 5. The topological polar surface area (TPSA) is 83.4 Å². The Morgan fingerprint density at radius 3 is 2.41 bits per heavy atom. The molecule has 2 aliphatic rings. The van der Waals surface area contributed by atoms with Gasteiger partial charge in [0.25, 0.3) is 0 Å². The molecule has 2 aliphatic heterocycles. The Kier molecular flexibility index (Phi) is 5.54. The zero-order valence-corrected chi connectivity index (χ0v) is 19.9. The smallest absolute Gasteiger partial charge is 0.145 e. The molecule has 0 amide bonds. The van der Waals surface area contributed by atoms with Crippen LogP contribution in [0.3, 0.4) is 0 Å². The van der Waals surface area contributed by atoms with E-state index in [1.165, 1.54) is 5.56 Å². The van der Waals surface area contributed by atoms with Gasteiger partial charge in [0, 0.05) is 35.7 Å². The zero-order valence-electron chi connectivity index (χ0n) is 19.9. The number of hydrogen-bond acceptors (Lipinski definition) is 6. The predicted molar refractivity (Wildman–Crippen MR) is 139 cm³/mol. The van der Waals surface area contributed by atoms with Gasteiger partial charge in [-0.1, -0.05) is 49.4 Å². The van der Waals surface area contributed by atoms with Crippen LogP contribution >= 0.6 is 0 Å². The van der Waals surface area contributed by atoms with Crippen molar-refractivity contribution in [3.8, 4) is 0 Å². The Hall–Kier alpha value is -3.77. The third kappa shape index (κ3) is 3.70. The van der Waals surface area contributed by atoms with Gasteiger partial charge in [-0.05, 0) is 60.9 Å². The van der Waals surface area contributed by atoms with E-state index >= 15 is 0 Å². The molecule has 0 spiro atoms. The molecule has 0 bridgehead atoms. The summed E-state index contributed by atoms with van der Waals surface area (Å²) in [6, 6.07) is 23.1. The summed E-state index contributed by atoms with van der Waals surface area (Å²) in [7, 11) is 2.14. The van der Waals surface area contributed by atoms with E-state index in [1.807, 2.05) is 18.2 Å². The standard InChI is InChI=1S/C28H32N6/c1-4-28(2,30)20-12-14-21(15-13-20)34-26(22-11-8-18-31-25(22)29)32-23-16-17-24(33(3)27(23)34)19-9-6-5-7-10-19/h5-18,26-27,32H,4,30H2,1-3H3,(H2,29,31). The second-order valence-electron chi connectivity index (χ2n) is 9.27. The number of nitrogens with zero attached hydrogens (tertiary/aromatic N) is 3. The van der Waals surface area contributed by atoms with Crippen LogP contribution in [0.2, 0.25) is 0 Å². The average molecular weight is 453 g/mol. The second-order valence-corrected chi connectivity index (χ2v) is 9.27. The number of aromatic nitrogens is 1. The van der Waals surface area contributed by atoms with Crippen LogP contribution < -0.4 is 21.7 Å². The Morgan fingerprint density at radius 1 is 1.00 bits per heavy atom. The number of nitrogens with one attached hydrogen (secondary N) is 1. The Labute approximate surface area is 201 Å². The van der Waals surface area contributed by atoms with Crippen LogP contribution in [0, 0.1) is 0 Å². The summed E-state index contributed by atoms with van der Waals surface area (Å²) in [5, 5.41) is 3.71. The van der Waals surface area contributed by atoms with E-state index in [0.29, 0.717) is 5.82 Å². The number of benzene rings is 2. The number of nitrogens with two attached hydrogens (primary N) is 2. The zero-order chi connectivity index (χ0) is 23.9. The summed E-state index contributed by atoms with van der Waals surface area (Å²) in [4.78, 5) is 9.05. The van der Waals surface area contributed by atoms with Crippen molar-refractivity contribution in [3.05, 3.63) is 107 Å². The van der Waals surface area contributed by atoms with Gasteiger partial charge in [0.2, 0.25) is 0 Å². The molecule has 174 valence electrons. The minimum atomic E-state index is -0.356. The molecule has 6 heteroatoms. The maximum atomic E-state index is 6.51. The van der Waals surface area contributed by atoms with Crippen LogP contribution in [0.25, 0.3) is 5.70 Å². The highest BCUT2D eigenvalue weighted by Crippen LogP contribution is 2.42. The largest absolute Gasteiger partial charge is 0.383 e. The molecule has 0 aliphatic carbocycles. The van der Waals surface area contributed by atoms with Gasteiger partial charge < -0.3 is 26.6 Å². The average Bonchev–Trinajstić information content (AvgIpc) is 3.25. The molecular formula is C28H32N6. The number of allylic oxidation sites excluding steroid dienone is 2. The fourth-order valence-corrected chi connectivity index (χ4v) is 4.85. The first-order valence-electron chi connectivity index (χ1n) is 11.8. The minimum Gasteiger partial charge on any atom is -0.383 e. The number of anilines is 2. The summed E-state index contributed by atoms with van der Waals surface area (Å²) in [5.74, 6) is 0.528. The monoisotopic (exact) mass is 452 g/mol. The summed E-state index contributed by atoms with van der Waals surface area (Å²) in [6.45, 7) is 4.19. The van der Waals surface area contributed by atoms with Crippen LogP contribution in [-0.2, 0) is 5.54 Å². The van der Waals surface area contributed by atoms with Gasteiger partial charge in [0.1, 0.15) is 18.1 Å². The first-order valence-corrected chi connectivity index (χ1v) is 11.8. The van der Waals surface area contributed by atoms with Crippen molar-refractivity contribution in [3.63, 3.8) is 0 Å². The van der Waals surface area contributed by atoms with Gasteiger partial charge in [-0.3, -0.25) is 0 Å². The molecule has 0 saturated carbocycles. The van der Waals surface area contributed by atoms with Crippen LogP contribution in [0.5, 0.6) is 0 Å². The third-order valence-electron chi connectivity index (χ3n) is 7.09. The molecule has 1 fully saturated rings. The highest BCUT2D eigenvalue weighted by Gasteiger charge is 2.43. The quantitative estimate of drug-likeness (QED) is 0.527. The highest BCUT2D eigenvalue weighted by atomic mass is 15.5. The Balaban J connectivity index is 1.59. The summed E-state index contributed by atoms with van der Waals surface area (Å²) in [6.07, 6.45) is 6.77. The maximum Gasteiger partial charge on any atom is 0.145 e. The third-order valence-corrected chi connectivity index (χ3v) is 7.09. The van der Waals surface area contributed by atoms with E-state index in [2.05, 4.69) is 102 Å². The molecule has 1 aromatic heterocycles. The van der Waals surface area contributed by atoms with Crippen molar-refractivity contribution >= 4 is 17.2 Å². The van der Waals surface area contributed by atoms with Crippen LogP contribution in [0.4, 0.5) is 11.5 Å². The number of nitrogen functional groups attached to an aromatic ring is 1. The molecule has 0 radical (unpaired) electrons. The molecular weight excluding hydrogens is 420 g/mol. The molecule has 3 unspecified atom stereocenters. The number of fused-ring (bicyclic) bond motifs is 1. The molecule has 6 nitrogen and oxygen atoms in total. The van der Waals surface area contributed by atoms with Crippen LogP contribution in [0.1, 0.15) is 43.1 Å². The van der Waals surface area contributed by atoms with E-state index in [1.54, 1.807) is 6.20 Å². The number of likely N-dealkylation sites (N-methyl/N-ethyl adjacent to an activating group) is 1. The predicted octanol–water partition coefficient (Wildman–Crippen LogP) is 4.55. The molecule has 3 atom stereocenters. The highest BCUT2D eigenvalue weighted by molar-refractivity contribution is 5.70. The lowest BCUT2D eigenvalue weighted by atomic mass is 9.90. The maximum absolute atomic E-state index is 6.51.